The van der Waals surface area contributed by atoms with E-state index in [0.29, 0.717) is 13.0 Å². The topological polar surface area (TPSA) is 75.4 Å². The van der Waals surface area contributed by atoms with Crippen LogP contribution in [-0.2, 0) is 16.1 Å². The van der Waals surface area contributed by atoms with Crippen LogP contribution in [0.5, 0.6) is 0 Å². The van der Waals surface area contributed by atoms with Gasteiger partial charge in [0, 0.05) is 37.2 Å². The zero-order chi connectivity index (χ0) is 16.2. The van der Waals surface area contributed by atoms with Gasteiger partial charge in [0.1, 0.15) is 0 Å². The van der Waals surface area contributed by atoms with Crippen molar-refractivity contribution >= 4 is 29.9 Å². The number of nitrogens with two attached hydrogens (primary N) is 1. The van der Waals surface area contributed by atoms with Gasteiger partial charge in [0.05, 0.1) is 0 Å². The van der Waals surface area contributed by atoms with Crippen LogP contribution < -0.4 is 11.1 Å². The van der Waals surface area contributed by atoms with Crippen molar-refractivity contribution in [1.82, 2.24) is 4.90 Å². The van der Waals surface area contributed by atoms with E-state index < -0.39 is 0 Å². The van der Waals surface area contributed by atoms with Crippen LogP contribution in [0, 0.1) is 5.92 Å². The van der Waals surface area contributed by atoms with Crippen molar-refractivity contribution in [2.45, 2.75) is 51.1 Å². The Bertz CT molecular complexity index is 576. The molecule has 1 aromatic rings. The summed E-state index contributed by atoms with van der Waals surface area (Å²) in [6.45, 7) is 1.50. The number of nitrogens with zero attached hydrogens (tertiary/aromatic N) is 1. The van der Waals surface area contributed by atoms with Crippen molar-refractivity contribution in [3.8, 4) is 0 Å². The minimum atomic E-state index is 0. The zero-order valence-corrected chi connectivity index (χ0v) is 14.7. The average Bonchev–Trinajstić information content (AvgIpc) is 2.94. The summed E-state index contributed by atoms with van der Waals surface area (Å²) in [6.07, 6.45) is 5.37. The molecule has 2 fully saturated rings. The Kier molecular flexibility index (Phi) is 6.63. The molecule has 2 atom stereocenters. The molecule has 6 heteroatoms. The van der Waals surface area contributed by atoms with E-state index in [0.717, 1.165) is 49.9 Å². The Morgan fingerprint density at radius 1 is 1.21 bits per heavy atom. The summed E-state index contributed by atoms with van der Waals surface area (Å²) in [4.78, 5) is 25.8. The molecule has 0 aromatic heterocycles. The molecule has 5 nitrogen and oxygen atoms in total. The minimum Gasteiger partial charge on any atom is -0.338 e. The molecule has 3 rings (SSSR count). The summed E-state index contributed by atoms with van der Waals surface area (Å²) < 4.78 is 0. The highest BCUT2D eigenvalue weighted by Crippen LogP contribution is 2.24. The number of nitrogens with one attached hydrogen (secondary N) is 1. The van der Waals surface area contributed by atoms with Crippen molar-refractivity contribution in [3.05, 3.63) is 29.8 Å². The smallest absolute Gasteiger partial charge is 0.227 e. The largest absolute Gasteiger partial charge is 0.338 e. The summed E-state index contributed by atoms with van der Waals surface area (Å²) in [5.74, 6) is 0.333. The molecular formula is C18H26ClN3O2. The number of anilines is 1. The second kappa shape index (κ2) is 8.49. The van der Waals surface area contributed by atoms with E-state index in [-0.39, 0.29) is 36.2 Å². The van der Waals surface area contributed by atoms with Crippen molar-refractivity contribution in [2.75, 3.05) is 11.9 Å². The fraction of sp³-hybridized carbons (Fsp3) is 0.556. The Morgan fingerprint density at radius 2 is 1.96 bits per heavy atom. The number of hydrogen-bond donors (Lipinski definition) is 2. The lowest BCUT2D eigenvalue weighted by molar-refractivity contribution is -0.128. The molecule has 1 aliphatic heterocycles. The molecule has 0 bridgehead atoms. The van der Waals surface area contributed by atoms with Crippen LogP contribution in [0.15, 0.2) is 24.3 Å². The van der Waals surface area contributed by atoms with Crippen LogP contribution in [0.4, 0.5) is 5.69 Å². The second-order valence-corrected chi connectivity index (χ2v) is 6.73. The molecule has 1 aliphatic carbocycles. The van der Waals surface area contributed by atoms with E-state index in [9.17, 15) is 9.59 Å². The van der Waals surface area contributed by atoms with E-state index in [4.69, 9.17) is 5.73 Å². The van der Waals surface area contributed by atoms with Crippen LogP contribution >= 0.6 is 12.4 Å². The second-order valence-electron chi connectivity index (χ2n) is 6.73. The molecule has 0 spiro atoms. The summed E-state index contributed by atoms with van der Waals surface area (Å²) >= 11 is 0. The van der Waals surface area contributed by atoms with E-state index >= 15 is 0 Å². The number of likely N-dealkylation sites (tertiary alicyclic amines) is 1. The maximum absolute atomic E-state index is 12.3. The Morgan fingerprint density at radius 3 is 2.58 bits per heavy atom. The van der Waals surface area contributed by atoms with E-state index in [2.05, 4.69) is 5.32 Å². The lowest BCUT2D eigenvalue weighted by atomic mass is 9.85. The molecule has 132 valence electrons. The maximum Gasteiger partial charge on any atom is 0.227 e. The predicted molar refractivity (Wildman–Crippen MR) is 96.9 cm³/mol. The number of carbonyl (C=O) groups is 2. The Balaban J connectivity index is 0.00000208. The molecule has 0 radical (unpaired) electrons. The van der Waals surface area contributed by atoms with Crippen LogP contribution in [-0.4, -0.2) is 29.3 Å². The lowest BCUT2D eigenvalue weighted by Gasteiger charge is -2.25. The van der Waals surface area contributed by atoms with Crippen LogP contribution in [0.2, 0.25) is 0 Å². The van der Waals surface area contributed by atoms with Gasteiger partial charge >= 0.3 is 0 Å². The Hall–Kier alpha value is -1.59. The fourth-order valence-electron chi connectivity index (χ4n) is 3.50. The number of benzene rings is 1. The Labute approximate surface area is 149 Å². The third-order valence-corrected chi connectivity index (χ3v) is 4.85. The van der Waals surface area contributed by atoms with Gasteiger partial charge in [0.15, 0.2) is 0 Å². The average molecular weight is 352 g/mol. The quantitative estimate of drug-likeness (QED) is 0.875. The zero-order valence-electron chi connectivity index (χ0n) is 13.9. The molecular weight excluding hydrogens is 326 g/mol. The maximum atomic E-state index is 12.3. The van der Waals surface area contributed by atoms with E-state index in [1.165, 1.54) is 0 Å². The first-order valence-corrected chi connectivity index (χ1v) is 8.55. The first-order chi connectivity index (χ1) is 11.1. The van der Waals surface area contributed by atoms with Gasteiger partial charge in [0.2, 0.25) is 11.8 Å². The van der Waals surface area contributed by atoms with Gasteiger partial charge in [0.25, 0.3) is 0 Å². The highest BCUT2D eigenvalue weighted by molar-refractivity contribution is 5.92. The van der Waals surface area contributed by atoms with Crippen molar-refractivity contribution < 1.29 is 9.59 Å². The third kappa shape index (κ3) is 4.71. The van der Waals surface area contributed by atoms with Gasteiger partial charge in [-0.05, 0) is 43.4 Å². The molecule has 1 heterocycles. The van der Waals surface area contributed by atoms with Crippen molar-refractivity contribution in [3.63, 3.8) is 0 Å². The normalized spacial score (nSPS) is 23.7. The number of carbonyl (C=O) groups excluding carboxylic acids is 2. The van der Waals surface area contributed by atoms with Gasteiger partial charge in [-0.1, -0.05) is 18.6 Å². The van der Waals surface area contributed by atoms with Gasteiger partial charge in [-0.25, -0.2) is 0 Å². The number of halogens is 1. The van der Waals surface area contributed by atoms with Gasteiger partial charge in [-0.2, -0.15) is 0 Å². The molecule has 2 unspecified atom stereocenters. The van der Waals surface area contributed by atoms with Gasteiger partial charge in [-0.3, -0.25) is 9.59 Å². The first-order valence-electron chi connectivity index (χ1n) is 8.55. The molecule has 2 amide bonds. The summed E-state index contributed by atoms with van der Waals surface area (Å²) in [5.41, 5.74) is 7.86. The summed E-state index contributed by atoms with van der Waals surface area (Å²) in [6, 6.07) is 7.94. The number of rotatable bonds is 4. The lowest BCUT2D eigenvalue weighted by Crippen LogP contribution is -2.34. The molecule has 1 saturated heterocycles. The van der Waals surface area contributed by atoms with Crippen LogP contribution in [0.1, 0.15) is 44.1 Å². The van der Waals surface area contributed by atoms with Crippen LogP contribution in [0.3, 0.4) is 0 Å². The van der Waals surface area contributed by atoms with Crippen molar-refractivity contribution in [1.29, 1.82) is 0 Å². The molecule has 2 aliphatic rings. The first kappa shape index (κ1) is 18.7. The van der Waals surface area contributed by atoms with E-state index in [1.807, 2.05) is 29.2 Å². The SMILES string of the molecule is Cl.NC1CCCC(C(=O)Nc2ccc(CN3CCCC3=O)cc2)C1. The van der Waals surface area contributed by atoms with Gasteiger partial charge < -0.3 is 16.0 Å². The standard InChI is InChI=1S/C18H25N3O2.ClH/c19-15-4-1-3-14(11-15)18(23)20-16-8-6-13(7-9-16)12-21-10-2-5-17(21)22;/h6-9,14-15H,1-5,10-12,19H2,(H,20,23);1H. The predicted octanol–water partition coefficient (Wildman–Crippen LogP) is 2.69. The monoisotopic (exact) mass is 351 g/mol. The van der Waals surface area contributed by atoms with E-state index in [1.54, 1.807) is 0 Å². The molecule has 1 saturated carbocycles. The van der Waals surface area contributed by atoms with Crippen LogP contribution in [0.25, 0.3) is 0 Å². The van der Waals surface area contributed by atoms with Gasteiger partial charge in [-0.15, -0.1) is 12.4 Å². The highest BCUT2D eigenvalue weighted by Gasteiger charge is 2.25. The summed E-state index contributed by atoms with van der Waals surface area (Å²) in [7, 11) is 0. The third-order valence-electron chi connectivity index (χ3n) is 4.85. The number of amides is 2. The molecule has 1 aromatic carbocycles. The fourth-order valence-corrected chi connectivity index (χ4v) is 3.50. The number of hydrogen-bond acceptors (Lipinski definition) is 3. The van der Waals surface area contributed by atoms with Crippen molar-refractivity contribution in [2.24, 2.45) is 11.7 Å². The minimum absolute atomic E-state index is 0. The molecule has 3 N–H and O–H groups in total. The highest BCUT2D eigenvalue weighted by atomic mass is 35.5. The summed E-state index contributed by atoms with van der Waals surface area (Å²) in [5, 5.41) is 2.99. The molecule has 24 heavy (non-hydrogen) atoms.